The highest BCUT2D eigenvalue weighted by Crippen LogP contribution is 2.43. The van der Waals surface area contributed by atoms with Crippen LogP contribution in [0, 0.1) is 28.6 Å². The maximum absolute atomic E-state index is 9.65. The maximum Gasteiger partial charge on any atom is 0.0693 e. The van der Waals surface area contributed by atoms with Gasteiger partial charge in [0.2, 0.25) is 0 Å². The van der Waals surface area contributed by atoms with Gasteiger partial charge in [0.1, 0.15) is 0 Å². The molecular formula is C17H22BrN. The second-order valence-corrected chi connectivity index (χ2v) is 7.10. The van der Waals surface area contributed by atoms with Crippen molar-refractivity contribution in [1.29, 1.82) is 5.26 Å². The molecule has 1 fully saturated rings. The topological polar surface area (TPSA) is 23.8 Å². The molecule has 0 spiro atoms. The molecule has 19 heavy (non-hydrogen) atoms. The summed E-state index contributed by atoms with van der Waals surface area (Å²) in [5.41, 5.74) is 1.13. The van der Waals surface area contributed by atoms with Crippen molar-refractivity contribution in [2.45, 2.75) is 46.0 Å². The van der Waals surface area contributed by atoms with Crippen molar-refractivity contribution < 1.29 is 0 Å². The van der Waals surface area contributed by atoms with Gasteiger partial charge in [-0.1, -0.05) is 48.0 Å². The van der Waals surface area contributed by atoms with Gasteiger partial charge < -0.3 is 0 Å². The van der Waals surface area contributed by atoms with E-state index in [1.807, 2.05) is 6.07 Å². The zero-order chi connectivity index (χ0) is 13.9. The Bertz CT molecular complexity index is 464. The molecule has 1 aliphatic rings. The van der Waals surface area contributed by atoms with E-state index in [2.05, 4.69) is 54.0 Å². The lowest BCUT2D eigenvalue weighted by atomic mass is 9.66. The van der Waals surface area contributed by atoms with Crippen LogP contribution in [-0.4, -0.2) is 0 Å². The molecule has 0 bridgehead atoms. The van der Waals surface area contributed by atoms with Gasteiger partial charge >= 0.3 is 0 Å². The Kier molecular flexibility index (Phi) is 4.68. The number of rotatable bonds is 3. The lowest BCUT2D eigenvalue weighted by Crippen LogP contribution is -2.30. The molecule has 0 radical (unpaired) electrons. The monoisotopic (exact) mass is 319 g/mol. The van der Waals surface area contributed by atoms with Gasteiger partial charge in [0.15, 0.2) is 0 Å². The summed E-state index contributed by atoms with van der Waals surface area (Å²) in [5, 5.41) is 9.65. The van der Waals surface area contributed by atoms with Gasteiger partial charge in [0, 0.05) is 4.47 Å². The summed E-state index contributed by atoms with van der Waals surface area (Å²) in [5.74, 6) is 1.56. The summed E-state index contributed by atoms with van der Waals surface area (Å²) in [4.78, 5) is 0. The van der Waals surface area contributed by atoms with Crippen LogP contribution in [-0.2, 0) is 6.42 Å². The van der Waals surface area contributed by atoms with Crippen molar-refractivity contribution >= 4 is 15.9 Å². The van der Waals surface area contributed by atoms with Crippen LogP contribution in [0.5, 0.6) is 0 Å². The number of halogens is 1. The van der Waals surface area contributed by atoms with E-state index in [0.717, 1.165) is 35.6 Å². The first kappa shape index (κ1) is 14.6. The van der Waals surface area contributed by atoms with Crippen LogP contribution in [0.15, 0.2) is 28.7 Å². The Morgan fingerprint density at radius 2 is 1.95 bits per heavy atom. The van der Waals surface area contributed by atoms with Crippen molar-refractivity contribution in [3.05, 3.63) is 34.3 Å². The number of nitrogens with zero attached hydrogens (tertiary/aromatic N) is 1. The lowest BCUT2D eigenvalue weighted by Gasteiger charge is -2.36. The third-order valence-corrected chi connectivity index (χ3v) is 5.43. The van der Waals surface area contributed by atoms with Gasteiger partial charge in [-0.15, -0.1) is 0 Å². The Morgan fingerprint density at radius 1 is 1.32 bits per heavy atom. The van der Waals surface area contributed by atoms with Crippen LogP contribution in [0.4, 0.5) is 0 Å². The normalized spacial score (nSPS) is 27.2. The number of nitriles is 1. The number of hydrogen-bond donors (Lipinski definition) is 0. The fourth-order valence-corrected chi connectivity index (χ4v) is 3.62. The molecule has 1 nitrogen and oxygen atoms in total. The SMILES string of the molecule is CC(C)C1CCC(C#N)(Cc2ccccc2Br)CC1. The van der Waals surface area contributed by atoms with E-state index >= 15 is 0 Å². The molecule has 1 aliphatic carbocycles. The predicted octanol–water partition coefficient (Wildman–Crippen LogP) is 5.35. The average molecular weight is 320 g/mol. The molecule has 0 amide bonds. The minimum Gasteiger partial charge on any atom is -0.198 e. The molecule has 0 aliphatic heterocycles. The number of benzene rings is 1. The summed E-state index contributed by atoms with van der Waals surface area (Å²) >= 11 is 3.60. The fourth-order valence-electron chi connectivity index (χ4n) is 3.19. The molecule has 0 aromatic heterocycles. The Morgan fingerprint density at radius 3 is 2.47 bits per heavy atom. The molecule has 1 saturated carbocycles. The lowest BCUT2D eigenvalue weighted by molar-refractivity contribution is 0.175. The van der Waals surface area contributed by atoms with E-state index in [9.17, 15) is 5.26 Å². The molecule has 1 aromatic rings. The molecule has 2 rings (SSSR count). The summed E-state index contributed by atoms with van der Waals surface area (Å²) in [6.07, 6.45) is 5.39. The highest BCUT2D eigenvalue weighted by molar-refractivity contribution is 9.10. The first-order valence-electron chi connectivity index (χ1n) is 7.21. The summed E-state index contributed by atoms with van der Waals surface area (Å²) in [7, 11) is 0. The summed E-state index contributed by atoms with van der Waals surface area (Å²) in [6.45, 7) is 4.61. The van der Waals surface area contributed by atoms with Crippen LogP contribution in [0.25, 0.3) is 0 Å². The minimum atomic E-state index is -0.144. The van der Waals surface area contributed by atoms with E-state index in [-0.39, 0.29) is 5.41 Å². The maximum atomic E-state index is 9.65. The molecule has 102 valence electrons. The Hall–Kier alpha value is -0.810. The quantitative estimate of drug-likeness (QED) is 0.736. The van der Waals surface area contributed by atoms with Gasteiger partial charge in [0.05, 0.1) is 11.5 Å². The molecular weight excluding hydrogens is 298 g/mol. The zero-order valence-electron chi connectivity index (χ0n) is 11.8. The highest BCUT2D eigenvalue weighted by Gasteiger charge is 2.36. The second-order valence-electron chi connectivity index (χ2n) is 6.24. The smallest absolute Gasteiger partial charge is 0.0693 e. The molecule has 0 saturated heterocycles. The molecule has 0 atom stereocenters. The van der Waals surface area contributed by atoms with Gasteiger partial charge in [-0.2, -0.15) is 5.26 Å². The van der Waals surface area contributed by atoms with E-state index in [4.69, 9.17) is 0 Å². The van der Waals surface area contributed by atoms with Crippen LogP contribution in [0.3, 0.4) is 0 Å². The van der Waals surface area contributed by atoms with E-state index in [0.29, 0.717) is 0 Å². The van der Waals surface area contributed by atoms with Crippen molar-refractivity contribution in [2.75, 3.05) is 0 Å². The average Bonchev–Trinajstić information content (AvgIpc) is 2.42. The van der Waals surface area contributed by atoms with Crippen molar-refractivity contribution in [3.8, 4) is 6.07 Å². The fraction of sp³-hybridized carbons (Fsp3) is 0.588. The molecule has 0 N–H and O–H groups in total. The van der Waals surface area contributed by atoms with Crippen LogP contribution < -0.4 is 0 Å². The highest BCUT2D eigenvalue weighted by atomic mass is 79.9. The van der Waals surface area contributed by atoms with Crippen LogP contribution >= 0.6 is 15.9 Å². The third kappa shape index (κ3) is 3.39. The molecule has 2 heteroatoms. The first-order chi connectivity index (χ1) is 9.06. The van der Waals surface area contributed by atoms with E-state index in [1.54, 1.807) is 0 Å². The van der Waals surface area contributed by atoms with Gasteiger partial charge in [-0.05, 0) is 55.6 Å². The van der Waals surface area contributed by atoms with Crippen LogP contribution in [0.2, 0.25) is 0 Å². The zero-order valence-corrected chi connectivity index (χ0v) is 13.4. The van der Waals surface area contributed by atoms with Gasteiger partial charge in [-0.25, -0.2) is 0 Å². The second kappa shape index (κ2) is 6.09. The number of hydrogen-bond acceptors (Lipinski definition) is 1. The molecule has 1 aromatic carbocycles. The van der Waals surface area contributed by atoms with Crippen molar-refractivity contribution in [2.24, 2.45) is 17.3 Å². The Labute approximate surface area is 125 Å². The molecule has 0 heterocycles. The molecule has 0 unspecified atom stereocenters. The minimum absolute atomic E-state index is 0.144. The summed E-state index contributed by atoms with van der Waals surface area (Å²) < 4.78 is 1.13. The van der Waals surface area contributed by atoms with Gasteiger partial charge in [0.25, 0.3) is 0 Å². The van der Waals surface area contributed by atoms with Crippen molar-refractivity contribution in [3.63, 3.8) is 0 Å². The van der Waals surface area contributed by atoms with Crippen molar-refractivity contribution in [1.82, 2.24) is 0 Å². The van der Waals surface area contributed by atoms with E-state index < -0.39 is 0 Å². The third-order valence-electron chi connectivity index (χ3n) is 4.65. The Balaban J connectivity index is 2.10. The predicted molar refractivity (Wildman–Crippen MR) is 82.7 cm³/mol. The van der Waals surface area contributed by atoms with Gasteiger partial charge in [-0.3, -0.25) is 0 Å². The van der Waals surface area contributed by atoms with E-state index in [1.165, 1.54) is 18.4 Å². The van der Waals surface area contributed by atoms with Crippen LogP contribution in [0.1, 0.15) is 45.1 Å². The summed E-state index contributed by atoms with van der Waals surface area (Å²) in [6, 6.07) is 10.9. The largest absolute Gasteiger partial charge is 0.198 e. The standard InChI is InChI=1S/C17H22BrN/c1-13(2)14-7-9-17(12-19,10-8-14)11-15-5-3-4-6-16(15)18/h3-6,13-14H,7-11H2,1-2H3. The first-order valence-corrected chi connectivity index (χ1v) is 8.00.